The third-order valence-corrected chi connectivity index (χ3v) is 4.18. The SMILES string of the molecule is COc1cc(CNC(=O)Nc2ccc3ccn(C)c3c2)ccc1OCCO. The lowest BCUT2D eigenvalue weighted by Gasteiger charge is -2.12. The zero-order valence-electron chi connectivity index (χ0n) is 15.4. The summed E-state index contributed by atoms with van der Waals surface area (Å²) in [6.07, 6.45) is 1.98. The van der Waals surface area contributed by atoms with Gasteiger partial charge in [-0.05, 0) is 41.3 Å². The average Bonchev–Trinajstić information content (AvgIpc) is 3.05. The summed E-state index contributed by atoms with van der Waals surface area (Å²) in [7, 11) is 3.51. The minimum Gasteiger partial charge on any atom is -0.493 e. The number of carbonyl (C=O) groups excluding carboxylic acids is 1. The number of anilines is 1. The Morgan fingerprint density at radius 3 is 2.78 bits per heavy atom. The van der Waals surface area contributed by atoms with Crippen LogP contribution in [0.15, 0.2) is 48.7 Å². The van der Waals surface area contributed by atoms with Gasteiger partial charge in [0.2, 0.25) is 0 Å². The second-order valence-electron chi connectivity index (χ2n) is 6.07. The van der Waals surface area contributed by atoms with E-state index in [0.29, 0.717) is 18.0 Å². The predicted octanol–water partition coefficient (Wildman–Crippen LogP) is 2.88. The van der Waals surface area contributed by atoms with Gasteiger partial charge in [0.15, 0.2) is 11.5 Å². The highest BCUT2D eigenvalue weighted by atomic mass is 16.5. The number of hydrogen-bond acceptors (Lipinski definition) is 4. The molecule has 0 atom stereocenters. The van der Waals surface area contributed by atoms with Crippen LogP contribution in [0, 0.1) is 0 Å². The Bertz CT molecular complexity index is 936. The standard InChI is InChI=1S/C20H23N3O4/c1-23-8-7-15-4-5-16(12-17(15)23)22-20(25)21-13-14-3-6-18(27-10-9-24)19(11-14)26-2/h3-8,11-12,24H,9-10,13H2,1-2H3,(H2,21,22,25). The summed E-state index contributed by atoms with van der Waals surface area (Å²) in [5.74, 6) is 1.10. The van der Waals surface area contributed by atoms with E-state index < -0.39 is 0 Å². The van der Waals surface area contributed by atoms with Crippen molar-refractivity contribution < 1.29 is 19.4 Å². The molecule has 0 bridgehead atoms. The smallest absolute Gasteiger partial charge is 0.319 e. The Morgan fingerprint density at radius 2 is 2.00 bits per heavy atom. The fourth-order valence-electron chi connectivity index (χ4n) is 2.79. The van der Waals surface area contributed by atoms with Gasteiger partial charge in [-0.2, -0.15) is 0 Å². The summed E-state index contributed by atoms with van der Waals surface area (Å²) >= 11 is 0. The molecule has 3 N–H and O–H groups in total. The van der Waals surface area contributed by atoms with Crippen LogP contribution in [0.25, 0.3) is 10.9 Å². The molecule has 0 radical (unpaired) electrons. The maximum Gasteiger partial charge on any atom is 0.319 e. The van der Waals surface area contributed by atoms with E-state index in [1.165, 1.54) is 0 Å². The van der Waals surface area contributed by atoms with Gasteiger partial charge in [0.1, 0.15) is 6.61 Å². The molecule has 7 nitrogen and oxygen atoms in total. The molecule has 0 spiro atoms. The topological polar surface area (TPSA) is 84.8 Å². The number of nitrogens with zero attached hydrogens (tertiary/aromatic N) is 1. The Hall–Kier alpha value is -3.19. The normalized spacial score (nSPS) is 10.6. The minimum absolute atomic E-state index is 0.0683. The molecule has 0 unspecified atom stereocenters. The molecule has 3 rings (SSSR count). The number of ether oxygens (including phenoxy) is 2. The highest BCUT2D eigenvalue weighted by Crippen LogP contribution is 2.28. The molecule has 7 heteroatoms. The number of carbonyl (C=O) groups is 1. The number of methoxy groups -OCH3 is 1. The molecule has 1 aromatic heterocycles. The van der Waals surface area contributed by atoms with Crippen molar-refractivity contribution in [1.29, 1.82) is 0 Å². The predicted molar refractivity (Wildman–Crippen MR) is 104 cm³/mol. The highest BCUT2D eigenvalue weighted by Gasteiger charge is 2.08. The molecule has 142 valence electrons. The van der Waals surface area contributed by atoms with Crippen molar-refractivity contribution in [2.75, 3.05) is 25.6 Å². The summed E-state index contributed by atoms with van der Waals surface area (Å²) in [6.45, 7) is 0.470. The number of aromatic nitrogens is 1. The number of aliphatic hydroxyl groups excluding tert-OH is 1. The number of amides is 2. The van der Waals surface area contributed by atoms with Crippen LogP contribution in [0.1, 0.15) is 5.56 Å². The van der Waals surface area contributed by atoms with Crippen molar-refractivity contribution in [3.63, 3.8) is 0 Å². The van der Waals surface area contributed by atoms with Crippen LogP contribution in [-0.2, 0) is 13.6 Å². The number of aryl methyl sites for hydroxylation is 1. The first-order valence-electron chi connectivity index (χ1n) is 8.61. The van der Waals surface area contributed by atoms with E-state index in [4.69, 9.17) is 14.6 Å². The van der Waals surface area contributed by atoms with Gasteiger partial charge in [-0.25, -0.2) is 4.79 Å². The van der Waals surface area contributed by atoms with Gasteiger partial charge >= 0.3 is 6.03 Å². The van der Waals surface area contributed by atoms with Crippen molar-refractivity contribution in [2.45, 2.75) is 6.54 Å². The molecular formula is C20H23N3O4. The number of fused-ring (bicyclic) bond motifs is 1. The third kappa shape index (κ3) is 4.51. The lowest BCUT2D eigenvalue weighted by atomic mass is 10.2. The van der Waals surface area contributed by atoms with Gasteiger partial charge in [-0.3, -0.25) is 0 Å². The zero-order valence-corrected chi connectivity index (χ0v) is 15.4. The number of aliphatic hydroxyl groups is 1. The quantitative estimate of drug-likeness (QED) is 0.598. The summed E-state index contributed by atoms with van der Waals surface area (Å²) in [6, 6.07) is 12.9. The molecule has 0 aliphatic carbocycles. The van der Waals surface area contributed by atoms with Crippen LogP contribution < -0.4 is 20.1 Å². The number of nitrogens with one attached hydrogen (secondary N) is 2. The van der Waals surface area contributed by atoms with E-state index in [1.807, 2.05) is 48.1 Å². The Kier molecular flexibility index (Phi) is 5.83. The number of hydrogen-bond donors (Lipinski definition) is 3. The monoisotopic (exact) mass is 369 g/mol. The summed E-state index contributed by atoms with van der Waals surface area (Å²) in [5.41, 5.74) is 2.65. The van der Waals surface area contributed by atoms with Crippen LogP contribution in [0.3, 0.4) is 0 Å². The maximum absolute atomic E-state index is 12.2. The molecule has 2 aromatic carbocycles. The van der Waals surface area contributed by atoms with Crippen LogP contribution in [-0.4, -0.2) is 36.0 Å². The van der Waals surface area contributed by atoms with Crippen molar-refractivity contribution >= 4 is 22.6 Å². The molecule has 0 saturated carbocycles. The fraction of sp³-hybridized carbons (Fsp3) is 0.250. The molecule has 0 aliphatic rings. The van der Waals surface area contributed by atoms with Crippen LogP contribution in [0.4, 0.5) is 10.5 Å². The summed E-state index contributed by atoms with van der Waals surface area (Å²) in [4.78, 5) is 12.2. The number of benzene rings is 2. The van der Waals surface area contributed by atoms with E-state index in [1.54, 1.807) is 19.2 Å². The van der Waals surface area contributed by atoms with Crippen LogP contribution >= 0.6 is 0 Å². The van der Waals surface area contributed by atoms with Gasteiger partial charge in [0.25, 0.3) is 0 Å². The Balaban J connectivity index is 1.60. The van der Waals surface area contributed by atoms with Gasteiger partial charge in [0, 0.05) is 31.0 Å². The number of urea groups is 1. The van der Waals surface area contributed by atoms with E-state index >= 15 is 0 Å². The van der Waals surface area contributed by atoms with Crippen LogP contribution in [0.2, 0.25) is 0 Å². The van der Waals surface area contributed by atoms with Crippen molar-refractivity contribution in [2.24, 2.45) is 7.05 Å². The molecule has 0 aliphatic heterocycles. The molecule has 0 saturated heterocycles. The van der Waals surface area contributed by atoms with Crippen molar-refractivity contribution in [3.8, 4) is 11.5 Å². The highest BCUT2D eigenvalue weighted by molar-refractivity contribution is 5.92. The number of rotatable bonds is 7. The van der Waals surface area contributed by atoms with Crippen molar-refractivity contribution in [3.05, 3.63) is 54.2 Å². The van der Waals surface area contributed by atoms with E-state index in [0.717, 1.165) is 22.2 Å². The van der Waals surface area contributed by atoms with Gasteiger partial charge in [-0.15, -0.1) is 0 Å². The fourth-order valence-corrected chi connectivity index (χ4v) is 2.79. The minimum atomic E-state index is -0.289. The first-order valence-corrected chi connectivity index (χ1v) is 8.61. The van der Waals surface area contributed by atoms with Crippen LogP contribution in [0.5, 0.6) is 11.5 Å². The average molecular weight is 369 g/mol. The Morgan fingerprint density at radius 1 is 1.15 bits per heavy atom. The molecule has 3 aromatic rings. The summed E-state index contributed by atoms with van der Waals surface area (Å²) < 4.78 is 12.7. The molecule has 2 amide bonds. The molecule has 27 heavy (non-hydrogen) atoms. The van der Waals surface area contributed by atoms with E-state index in [9.17, 15) is 4.79 Å². The lowest BCUT2D eigenvalue weighted by molar-refractivity contribution is 0.196. The largest absolute Gasteiger partial charge is 0.493 e. The molecule has 0 fully saturated rings. The van der Waals surface area contributed by atoms with Gasteiger partial charge < -0.3 is 29.8 Å². The maximum atomic E-state index is 12.2. The summed E-state index contributed by atoms with van der Waals surface area (Å²) in [5, 5.41) is 15.6. The first kappa shape index (κ1) is 18.6. The van der Waals surface area contributed by atoms with Gasteiger partial charge in [0.05, 0.1) is 13.7 Å². The molecular weight excluding hydrogens is 346 g/mol. The first-order chi connectivity index (χ1) is 13.1. The third-order valence-electron chi connectivity index (χ3n) is 4.18. The second-order valence-corrected chi connectivity index (χ2v) is 6.07. The Labute approximate surface area is 157 Å². The zero-order chi connectivity index (χ0) is 19.2. The second kappa shape index (κ2) is 8.46. The van der Waals surface area contributed by atoms with E-state index in [2.05, 4.69) is 10.6 Å². The van der Waals surface area contributed by atoms with E-state index in [-0.39, 0.29) is 19.2 Å². The molecule has 1 heterocycles. The van der Waals surface area contributed by atoms with Crippen molar-refractivity contribution in [1.82, 2.24) is 9.88 Å². The lowest BCUT2D eigenvalue weighted by Crippen LogP contribution is -2.28. The van der Waals surface area contributed by atoms with Gasteiger partial charge in [-0.1, -0.05) is 12.1 Å².